The number of quaternary nitrogens is 1. The Morgan fingerprint density at radius 1 is 1.55 bits per heavy atom. The second-order valence-electron chi connectivity index (χ2n) is 5.89. The molecule has 2 fully saturated rings. The van der Waals surface area contributed by atoms with Gasteiger partial charge in [0.1, 0.15) is 5.92 Å². The van der Waals surface area contributed by atoms with E-state index in [-0.39, 0.29) is 24.3 Å². The van der Waals surface area contributed by atoms with Crippen LogP contribution in [0.3, 0.4) is 0 Å². The summed E-state index contributed by atoms with van der Waals surface area (Å²) in [5, 5.41) is 12.4. The molecule has 20 heavy (non-hydrogen) atoms. The molecule has 5 nitrogen and oxygen atoms in total. The van der Waals surface area contributed by atoms with E-state index in [0.717, 1.165) is 32.1 Å². The van der Waals surface area contributed by atoms with Gasteiger partial charge in [-0.25, -0.2) is 0 Å². The topological polar surface area (TPSA) is 58.6 Å². The Bertz CT molecular complexity index is 354. The maximum absolute atomic E-state index is 12.4. The fourth-order valence-corrected chi connectivity index (χ4v) is 3.11. The molecule has 0 aromatic rings. The van der Waals surface area contributed by atoms with Gasteiger partial charge in [0, 0.05) is 12.3 Å². The van der Waals surface area contributed by atoms with Gasteiger partial charge in [0.15, 0.2) is 0 Å². The maximum Gasteiger partial charge on any atom is 0.317 e. The fraction of sp³-hybridized carbons (Fsp3) is 0.800. The number of unbranched alkanes of at least 4 members (excludes halogenated alkanes) is 1. The van der Waals surface area contributed by atoms with Gasteiger partial charge in [-0.2, -0.15) is 0 Å². The lowest BCUT2D eigenvalue weighted by atomic mass is 9.91. The molecule has 0 spiro atoms. The third-order valence-corrected chi connectivity index (χ3v) is 4.32. The molecule has 5 heteroatoms. The van der Waals surface area contributed by atoms with E-state index in [1.807, 2.05) is 0 Å². The van der Waals surface area contributed by atoms with Crippen molar-refractivity contribution in [3.8, 4) is 0 Å². The summed E-state index contributed by atoms with van der Waals surface area (Å²) in [5.41, 5.74) is 0. The molecule has 0 saturated carbocycles. The second kappa shape index (κ2) is 6.70. The largest absolute Gasteiger partial charge is 0.628 e. The van der Waals surface area contributed by atoms with Crippen LogP contribution in [0, 0.1) is 17.0 Å². The first-order valence-electron chi connectivity index (χ1n) is 7.61. The van der Waals surface area contributed by atoms with Crippen molar-refractivity contribution in [2.45, 2.75) is 45.3 Å². The van der Waals surface area contributed by atoms with Crippen molar-refractivity contribution < 1.29 is 18.9 Å². The van der Waals surface area contributed by atoms with E-state index >= 15 is 0 Å². The van der Waals surface area contributed by atoms with Crippen LogP contribution >= 0.6 is 0 Å². The van der Waals surface area contributed by atoms with E-state index in [9.17, 15) is 10.0 Å². The summed E-state index contributed by atoms with van der Waals surface area (Å²) in [6, 6.07) is 0. The molecule has 2 heterocycles. The molecule has 4 atom stereocenters. The van der Waals surface area contributed by atoms with Crippen molar-refractivity contribution in [2.24, 2.45) is 11.8 Å². The Balaban J connectivity index is 1.97. The van der Waals surface area contributed by atoms with E-state index in [1.165, 1.54) is 6.20 Å². The predicted octanol–water partition coefficient (Wildman–Crippen LogP) is 2.56. The van der Waals surface area contributed by atoms with Crippen molar-refractivity contribution in [3.63, 3.8) is 0 Å². The van der Waals surface area contributed by atoms with E-state index in [2.05, 4.69) is 13.5 Å². The van der Waals surface area contributed by atoms with Gasteiger partial charge in [0.2, 0.25) is 6.29 Å². The number of likely N-dealkylation sites (tertiary alicyclic amines) is 1. The zero-order valence-corrected chi connectivity index (χ0v) is 12.3. The van der Waals surface area contributed by atoms with Gasteiger partial charge in [0.25, 0.3) is 0 Å². The highest BCUT2D eigenvalue weighted by molar-refractivity contribution is 5.73. The summed E-state index contributed by atoms with van der Waals surface area (Å²) >= 11 is 0. The van der Waals surface area contributed by atoms with Crippen LogP contribution in [-0.4, -0.2) is 36.6 Å². The van der Waals surface area contributed by atoms with Crippen molar-refractivity contribution >= 4 is 5.97 Å². The normalized spacial score (nSPS) is 37.0. The summed E-state index contributed by atoms with van der Waals surface area (Å²) in [7, 11) is 0. The third-order valence-electron chi connectivity index (χ3n) is 4.32. The van der Waals surface area contributed by atoms with Crippen LogP contribution in [-0.2, 0) is 14.3 Å². The standard InChI is InChI=1S/C15H25NO4/c1-3-5-7-12-10-16(18,4-2)11-13(12)15(17)20-14-8-6-9-19-14/h4,12-14H,2-3,5-11H2,1H3. The highest BCUT2D eigenvalue weighted by Crippen LogP contribution is 2.34. The molecular formula is C15H25NO4. The van der Waals surface area contributed by atoms with E-state index < -0.39 is 10.9 Å². The Morgan fingerprint density at radius 3 is 2.95 bits per heavy atom. The van der Waals surface area contributed by atoms with Crippen LogP contribution in [0.5, 0.6) is 0 Å². The van der Waals surface area contributed by atoms with Crippen LogP contribution in [0.1, 0.15) is 39.0 Å². The van der Waals surface area contributed by atoms with Crippen LogP contribution in [0.15, 0.2) is 12.8 Å². The Labute approximate surface area is 120 Å². The van der Waals surface area contributed by atoms with Crippen LogP contribution in [0.4, 0.5) is 0 Å². The molecule has 114 valence electrons. The average Bonchev–Trinajstić information content (AvgIpc) is 3.04. The first-order valence-corrected chi connectivity index (χ1v) is 7.61. The number of carbonyl (C=O) groups is 1. The maximum atomic E-state index is 12.4. The van der Waals surface area contributed by atoms with Crippen LogP contribution < -0.4 is 0 Å². The second-order valence-corrected chi connectivity index (χ2v) is 5.89. The monoisotopic (exact) mass is 283 g/mol. The van der Waals surface area contributed by atoms with Crippen LogP contribution in [0.25, 0.3) is 0 Å². The van der Waals surface area contributed by atoms with E-state index in [0.29, 0.717) is 13.2 Å². The molecule has 0 N–H and O–H groups in total. The molecule has 4 unspecified atom stereocenters. The molecule has 0 amide bonds. The lowest BCUT2D eigenvalue weighted by molar-refractivity contribution is -0.818. The summed E-state index contributed by atoms with van der Waals surface area (Å²) in [4.78, 5) is 12.3. The Kier molecular flexibility index (Phi) is 5.18. The smallest absolute Gasteiger partial charge is 0.317 e. The zero-order valence-electron chi connectivity index (χ0n) is 12.3. The van der Waals surface area contributed by atoms with E-state index in [4.69, 9.17) is 9.47 Å². The van der Waals surface area contributed by atoms with Gasteiger partial charge in [-0.1, -0.05) is 19.8 Å². The van der Waals surface area contributed by atoms with Gasteiger partial charge in [-0.05, 0) is 19.4 Å². The molecule has 2 aliphatic rings. The molecular weight excluding hydrogens is 258 g/mol. The quantitative estimate of drug-likeness (QED) is 0.427. The Morgan fingerprint density at radius 2 is 2.35 bits per heavy atom. The number of hydrogen-bond acceptors (Lipinski definition) is 4. The molecule has 0 aromatic carbocycles. The molecule has 2 saturated heterocycles. The van der Waals surface area contributed by atoms with Gasteiger partial charge in [-0.15, -0.1) is 0 Å². The fourth-order valence-electron chi connectivity index (χ4n) is 3.11. The SMILES string of the molecule is C=C[N+]1([O-])CC(CCCC)C(C(=O)OC2CCCO2)C1. The highest BCUT2D eigenvalue weighted by atomic mass is 16.7. The summed E-state index contributed by atoms with van der Waals surface area (Å²) in [6.07, 6.45) is 5.68. The van der Waals surface area contributed by atoms with E-state index in [1.54, 1.807) is 0 Å². The molecule has 0 radical (unpaired) electrons. The molecule has 0 aromatic heterocycles. The summed E-state index contributed by atoms with van der Waals surface area (Å²) < 4.78 is 10.2. The molecule has 0 aliphatic carbocycles. The minimum absolute atomic E-state index is 0.0966. The minimum atomic E-state index is -0.486. The average molecular weight is 283 g/mol. The molecule has 2 rings (SSSR count). The number of ether oxygens (including phenoxy) is 2. The first kappa shape index (κ1) is 15.5. The number of hydrogen-bond donors (Lipinski definition) is 0. The lowest BCUT2D eigenvalue weighted by Crippen LogP contribution is -2.34. The van der Waals surface area contributed by atoms with Crippen molar-refractivity contribution in [3.05, 3.63) is 18.0 Å². The third kappa shape index (κ3) is 3.59. The van der Waals surface area contributed by atoms with Crippen LogP contribution in [0.2, 0.25) is 0 Å². The van der Waals surface area contributed by atoms with Gasteiger partial charge in [0.05, 0.1) is 25.9 Å². The number of nitrogens with zero attached hydrogens (tertiary/aromatic N) is 1. The minimum Gasteiger partial charge on any atom is -0.628 e. The molecule has 0 bridgehead atoms. The zero-order chi connectivity index (χ0) is 14.6. The predicted molar refractivity (Wildman–Crippen MR) is 75.1 cm³/mol. The highest BCUT2D eigenvalue weighted by Gasteiger charge is 2.44. The van der Waals surface area contributed by atoms with Gasteiger partial charge < -0.3 is 19.3 Å². The number of rotatable bonds is 6. The Hall–Kier alpha value is -0.910. The van der Waals surface area contributed by atoms with Gasteiger partial charge in [-0.3, -0.25) is 4.79 Å². The molecule has 2 aliphatic heterocycles. The van der Waals surface area contributed by atoms with Gasteiger partial charge >= 0.3 is 5.97 Å². The lowest BCUT2D eigenvalue weighted by Gasteiger charge is -2.34. The number of carbonyl (C=O) groups excluding carboxylic acids is 1. The first-order chi connectivity index (χ1) is 9.58. The number of hydroxylamine groups is 3. The summed E-state index contributed by atoms with van der Waals surface area (Å²) in [6.45, 7) is 7.06. The summed E-state index contributed by atoms with van der Waals surface area (Å²) in [5.74, 6) is -0.490. The number of esters is 1. The van der Waals surface area contributed by atoms with Crippen molar-refractivity contribution in [1.82, 2.24) is 0 Å². The van der Waals surface area contributed by atoms with Crippen molar-refractivity contribution in [2.75, 3.05) is 19.7 Å². The van der Waals surface area contributed by atoms with Crippen molar-refractivity contribution in [1.29, 1.82) is 0 Å².